The molecule has 1 aromatic carbocycles. The number of fused-ring (bicyclic) bond motifs is 1. The molecule has 2 aliphatic carbocycles. The van der Waals surface area contributed by atoms with Crippen LogP contribution in [0.15, 0.2) is 28.9 Å². The number of rotatable bonds is 4. The van der Waals surface area contributed by atoms with Crippen LogP contribution in [0.4, 0.5) is 0 Å². The van der Waals surface area contributed by atoms with Crippen LogP contribution in [0.3, 0.4) is 0 Å². The van der Waals surface area contributed by atoms with Gasteiger partial charge in [-0.3, -0.25) is 9.48 Å². The standard InChI is InChI=1S/C20H21N5O2/c1-11-16(10-21-25(11)2)19(26)22-17-8-6-13-9-14(5-7-15(13)17)18-23-20(27-24-18)12-3-4-12/h5,7,9-10,12,17H,3-4,6,8H2,1-2H3,(H,22,26)/t17-/m1/s1. The molecule has 2 aromatic heterocycles. The summed E-state index contributed by atoms with van der Waals surface area (Å²) >= 11 is 0. The summed E-state index contributed by atoms with van der Waals surface area (Å²) in [5.41, 5.74) is 4.86. The van der Waals surface area contributed by atoms with Crippen LogP contribution in [-0.2, 0) is 13.5 Å². The van der Waals surface area contributed by atoms with Gasteiger partial charge in [0.15, 0.2) is 0 Å². The Hall–Kier alpha value is -2.96. The predicted molar refractivity (Wildman–Crippen MR) is 98.2 cm³/mol. The highest BCUT2D eigenvalue weighted by molar-refractivity contribution is 5.95. The molecule has 138 valence electrons. The molecule has 0 bridgehead atoms. The Kier molecular flexibility index (Phi) is 3.63. The topological polar surface area (TPSA) is 85.8 Å². The van der Waals surface area contributed by atoms with E-state index in [1.54, 1.807) is 10.9 Å². The van der Waals surface area contributed by atoms with Crippen LogP contribution < -0.4 is 5.32 Å². The number of nitrogens with zero attached hydrogens (tertiary/aromatic N) is 4. The fourth-order valence-electron chi connectivity index (χ4n) is 3.71. The zero-order valence-electron chi connectivity index (χ0n) is 15.4. The van der Waals surface area contributed by atoms with Crippen molar-refractivity contribution < 1.29 is 9.32 Å². The normalized spacial score (nSPS) is 18.5. The highest BCUT2D eigenvalue weighted by Crippen LogP contribution is 2.40. The summed E-state index contributed by atoms with van der Waals surface area (Å²) < 4.78 is 7.09. The number of nitrogens with one attached hydrogen (secondary N) is 1. The van der Waals surface area contributed by atoms with Gasteiger partial charge in [-0.2, -0.15) is 10.1 Å². The van der Waals surface area contributed by atoms with E-state index in [4.69, 9.17) is 4.52 Å². The lowest BCUT2D eigenvalue weighted by Crippen LogP contribution is -2.27. The lowest BCUT2D eigenvalue weighted by molar-refractivity contribution is 0.0936. The van der Waals surface area contributed by atoms with E-state index >= 15 is 0 Å². The van der Waals surface area contributed by atoms with Crippen molar-refractivity contribution in [2.24, 2.45) is 7.05 Å². The van der Waals surface area contributed by atoms with Crippen molar-refractivity contribution in [1.29, 1.82) is 0 Å². The van der Waals surface area contributed by atoms with Gasteiger partial charge in [0.05, 0.1) is 17.8 Å². The average molecular weight is 363 g/mol. The van der Waals surface area contributed by atoms with Gasteiger partial charge in [-0.1, -0.05) is 17.3 Å². The summed E-state index contributed by atoms with van der Waals surface area (Å²) in [4.78, 5) is 17.1. The maximum atomic E-state index is 12.6. The molecule has 2 aliphatic rings. The summed E-state index contributed by atoms with van der Waals surface area (Å²) in [7, 11) is 1.84. The highest BCUT2D eigenvalue weighted by atomic mass is 16.5. The number of hydrogen-bond donors (Lipinski definition) is 1. The van der Waals surface area contributed by atoms with E-state index in [1.807, 2.05) is 20.0 Å². The summed E-state index contributed by atoms with van der Waals surface area (Å²) in [5, 5.41) is 11.4. The molecule has 1 fully saturated rings. The van der Waals surface area contributed by atoms with E-state index in [9.17, 15) is 4.79 Å². The third-order valence-corrected chi connectivity index (χ3v) is 5.63. The quantitative estimate of drug-likeness (QED) is 0.770. The molecule has 0 saturated heterocycles. The van der Waals surface area contributed by atoms with E-state index in [2.05, 4.69) is 32.7 Å². The van der Waals surface area contributed by atoms with Crippen LogP contribution in [0, 0.1) is 6.92 Å². The second-order valence-electron chi connectivity index (χ2n) is 7.48. The van der Waals surface area contributed by atoms with Crippen molar-refractivity contribution in [2.75, 3.05) is 0 Å². The summed E-state index contributed by atoms with van der Waals surface area (Å²) in [6, 6.07) is 6.23. The van der Waals surface area contributed by atoms with Crippen molar-refractivity contribution in [1.82, 2.24) is 25.2 Å². The second kappa shape index (κ2) is 6.04. The van der Waals surface area contributed by atoms with Crippen molar-refractivity contribution in [2.45, 2.75) is 44.6 Å². The fraction of sp³-hybridized carbons (Fsp3) is 0.400. The molecule has 2 heterocycles. The Morgan fingerprint density at radius 1 is 1.30 bits per heavy atom. The smallest absolute Gasteiger partial charge is 0.255 e. The zero-order chi connectivity index (χ0) is 18.5. The summed E-state index contributed by atoms with van der Waals surface area (Å²) in [5.74, 6) is 1.78. The molecule has 1 saturated carbocycles. The van der Waals surface area contributed by atoms with E-state index in [1.165, 1.54) is 11.1 Å². The van der Waals surface area contributed by atoms with Crippen LogP contribution >= 0.6 is 0 Å². The van der Waals surface area contributed by atoms with Gasteiger partial charge in [-0.05, 0) is 49.8 Å². The van der Waals surface area contributed by atoms with Gasteiger partial charge in [0.2, 0.25) is 11.7 Å². The lowest BCUT2D eigenvalue weighted by atomic mass is 10.0. The van der Waals surface area contributed by atoms with Crippen LogP contribution in [0.1, 0.15) is 64.3 Å². The number of carbonyl (C=O) groups excluding carboxylic acids is 1. The molecular weight excluding hydrogens is 342 g/mol. The molecule has 7 nitrogen and oxygen atoms in total. The summed E-state index contributed by atoms with van der Waals surface area (Å²) in [6.45, 7) is 1.90. The molecule has 1 amide bonds. The number of hydrogen-bond acceptors (Lipinski definition) is 5. The monoisotopic (exact) mass is 363 g/mol. The van der Waals surface area contributed by atoms with Gasteiger partial charge >= 0.3 is 0 Å². The Morgan fingerprint density at radius 2 is 2.15 bits per heavy atom. The van der Waals surface area contributed by atoms with Gasteiger partial charge in [-0.25, -0.2) is 0 Å². The third kappa shape index (κ3) is 2.83. The van der Waals surface area contributed by atoms with Gasteiger partial charge < -0.3 is 9.84 Å². The Balaban J connectivity index is 1.36. The van der Waals surface area contributed by atoms with Crippen LogP contribution in [0.25, 0.3) is 11.4 Å². The molecule has 1 N–H and O–H groups in total. The van der Waals surface area contributed by atoms with Crippen LogP contribution in [-0.4, -0.2) is 25.8 Å². The van der Waals surface area contributed by atoms with Gasteiger partial charge in [-0.15, -0.1) is 0 Å². The molecular formula is C20H21N5O2. The Morgan fingerprint density at radius 3 is 2.89 bits per heavy atom. The lowest BCUT2D eigenvalue weighted by Gasteiger charge is -2.14. The maximum Gasteiger partial charge on any atom is 0.255 e. The molecule has 1 atom stereocenters. The minimum Gasteiger partial charge on any atom is -0.345 e. The average Bonchev–Trinajstić information content (AvgIpc) is 3.11. The van der Waals surface area contributed by atoms with Crippen molar-refractivity contribution >= 4 is 5.91 Å². The fourth-order valence-corrected chi connectivity index (χ4v) is 3.71. The molecule has 3 aromatic rings. The minimum atomic E-state index is -0.0743. The highest BCUT2D eigenvalue weighted by Gasteiger charge is 2.30. The molecule has 5 rings (SSSR count). The van der Waals surface area contributed by atoms with Crippen molar-refractivity contribution in [3.63, 3.8) is 0 Å². The second-order valence-corrected chi connectivity index (χ2v) is 7.48. The number of aromatic nitrogens is 4. The molecule has 0 unspecified atom stereocenters. The van der Waals surface area contributed by atoms with Crippen molar-refractivity contribution in [3.8, 4) is 11.4 Å². The Bertz CT molecular complexity index is 1030. The van der Waals surface area contributed by atoms with Gasteiger partial charge in [0, 0.05) is 24.2 Å². The van der Waals surface area contributed by atoms with Gasteiger partial charge in [0.25, 0.3) is 5.91 Å². The third-order valence-electron chi connectivity index (χ3n) is 5.63. The minimum absolute atomic E-state index is 0.0217. The molecule has 0 radical (unpaired) electrons. The number of carbonyl (C=O) groups is 1. The summed E-state index contributed by atoms with van der Waals surface area (Å²) in [6.07, 6.45) is 5.72. The molecule has 7 heteroatoms. The maximum absolute atomic E-state index is 12.6. The first kappa shape index (κ1) is 16.2. The largest absolute Gasteiger partial charge is 0.345 e. The number of benzene rings is 1. The number of aryl methyl sites for hydroxylation is 2. The van der Waals surface area contributed by atoms with E-state index in [0.29, 0.717) is 17.3 Å². The first-order valence-corrected chi connectivity index (χ1v) is 9.36. The Labute approximate surface area is 156 Å². The number of amides is 1. The van der Waals surface area contributed by atoms with Crippen LogP contribution in [0.5, 0.6) is 0 Å². The molecule has 0 spiro atoms. The zero-order valence-corrected chi connectivity index (χ0v) is 15.4. The van der Waals surface area contributed by atoms with Crippen molar-refractivity contribution in [3.05, 3.63) is 52.7 Å². The molecule has 27 heavy (non-hydrogen) atoms. The van der Waals surface area contributed by atoms with E-state index < -0.39 is 0 Å². The molecule has 0 aliphatic heterocycles. The van der Waals surface area contributed by atoms with Crippen LogP contribution in [0.2, 0.25) is 0 Å². The van der Waals surface area contributed by atoms with E-state index in [0.717, 1.165) is 42.8 Å². The van der Waals surface area contributed by atoms with E-state index in [-0.39, 0.29) is 11.9 Å². The van der Waals surface area contributed by atoms with Gasteiger partial charge in [0.1, 0.15) is 0 Å². The predicted octanol–water partition coefficient (Wildman–Crippen LogP) is 3.07. The first-order valence-electron chi connectivity index (χ1n) is 9.36. The first-order chi connectivity index (χ1) is 13.1. The SMILES string of the molecule is Cc1c(C(=O)N[C@@H]2CCc3cc(-c4noc(C5CC5)n4)ccc32)cnn1C.